The average molecular weight is 434 g/mol. The molecule has 2 aliphatic heterocycles. The Labute approximate surface area is 184 Å². The smallest absolute Gasteiger partial charge is 0.330 e. The Morgan fingerprint density at radius 2 is 1.65 bits per heavy atom. The van der Waals surface area contributed by atoms with Gasteiger partial charge in [-0.25, -0.2) is 9.59 Å². The number of esters is 2. The minimum atomic E-state index is -1.19. The minimum Gasteiger partial charge on any atom is -0.464 e. The van der Waals surface area contributed by atoms with Gasteiger partial charge in [-0.05, 0) is 52.4 Å². The predicted molar refractivity (Wildman–Crippen MR) is 116 cm³/mol. The lowest BCUT2D eigenvalue weighted by Crippen LogP contribution is -2.53. The Morgan fingerprint density at radius 3 is 2.45 bits per heavy atom. The molecule has 0 aromatic heterocycles. The Hall–Kier alpha value is -2.44. The summed E-state index contributed by atoms with van der Waals surface area (Å²) in [6.07, 6.45) is 14.6. The lowest BCUT2D eigenvalue weighted by Gasteiger charge is -2.35. The molecule has 0 saturated carbocycles. The molecule has 172 valence electrons. The van der Waals surface area contributed by atoms with E-state index < -0.39 is 35.1 Å². The SMILES string of the molecule is CC1(C)COC(=O)/C=C/C=C\CCCCCCCOC(=O)C2CCCCN2C(=O)C1=O. The van der Waals surface area contributed by atoms with Crippen molar-refractivity contribution in [1.82, 2.24) is 4.90 Å². The third kappa shape index (κ3) is 7.96. The van der Waals surface area contributed by atoms with E-state index in [-0.39, 0.29) is 6.61 Å². The number of cyclic esters (lactones) is 2. The van der Waals surface area contributed by atoms with E-state index >= 15 is 0 Å². The fourth-order valence-electron chi connectivity index (χ4n) is 3.68. The highest BCUT2D eigenvalue weighted by Gasteiger charge is 2.41. The monoisotopic (exact) mass is 433 g/mol. The summed E-state index contributed by atoms with van der Waals surface area (Å²) in [4.78, 5) is 51.7. The number of piperidine rings is 1. The van der Waals surface area contributed by atoms with Gasteiger partial charge in [0.15, 0.2) is 0 Å². The second-order valence-corrected chi connectivity index (χ2v) is 8.84. The first-order chi connectivity index (χ1) is 14.8. The van der Waals surface area contributed by atoms with Crippen molar-refractivity contribution < 1.29 is 28.7 Å². The molecule has 7 heteroatoms. The zero-order chi connectivity index (χ0) is 22.7. The molecule has 1 saturated heterocycles. The van der Waals surface area contributed by atoms with E-state index in [1.807, 2.05) is 6.08 Å². The summed E-state index contributed by atoms with van der Waals surface area (Å²) in [6.45, 7) is 3.59. The first-order valence-electron chi connectivity index (χ1n) is 11.3. The molecule has 1 atom stereocenters. The lowest BCUT2D eigenvalue weighted by atomic mass is 9.87. The molecule has 0 aliphatic carbocycles. The number of rotatable bonds is 0. The summed E-state index contributed by atoms with van der Waals surface area (Å²) in [7, 11) is 0. The molecule has 1 amide bonds. The molecule has 0 N–H and O–H groups in total. The van der Waals surface area contributed by atoms with Crippen LogP contribution >= 0.6 is 0 Å². The molecule has 0 aromatic carbocycles. The number of Topliss-reactive ketones (excluding diaryl/α,β-unsaturated/α-hetero) is 1. The number of allylic oxidation sites excluding steroid dienone is 3. The van der Waals surface area contributed by atoms with Crippen molar-refractivity contribution in [3.63, 3.8) is 0 Å². The molecule has 0 radical (unpaired) electrons. The molecular formula is C24H35NO6. The largest absolute Gasteiger partial charge is 0.464 e. The van der Waals surface area contributed by atoms with Crippen molar-refractivity contribution in [3.8, 4) is 0 Å². The van der Waals surface area contributed by atoms with Gasteiger partial charge >= 0.3 is 11.9 Å². The van der Waals surface area contributed by atoms with Crippen LogP contribution < -0.4 is 0 Å². The second kappa shape index (κ2) is 12.4. The van der Waals surface area contributed by atoms with Crippen molar-refractivity contribution in [2.75, 3.05) is 19.8 Å². The molecule has 0 spiro atoms. The van der Waals surface area contributed by atoms with E-state index in [9.17, 15) is 19.2 Å². The number of hydrogen-bond acceptors (Lipinski definition) is 6. The Kier molecular flexibility index (Phi) is 9.95. The van der Waals surface area contributed by atoms with Gasteiger partial charge in [0.1, 0.15) is 12.6 Å². The van der Waals surface area contributed by atoms with Crippen molar-refractivity contribution in [2.24, 2.45) is 5.41 Å². The fourth-order valence-corrected chi connectivity index (χ4v) is 3.68. The number of fused-ring (bicyclic) bond motifs is 1. The van der Waals surface area contributed by atoms with Gasteiger partial charge in [0.25, 0.3) is 5.91 Å². The van der Waals surface area contributed by atoms with Crippen molar-refractivity contribution >= 4 is 23.6 Å². The number of amides is 1. The molecule has 0 aromatic rings. The second-order valence-electron chi connectivity index (χ2n) is 8.84. The number of ether oxygens (including phenoxy) is 2. The highest BCUT2D eigenvalue weighted by Crippen LogP contribution is 2.24. The quantitative estimate of drug-likeness (QED) is 0.429. The van der Waals surface area contributed by atoms with Gasteiger partial charge in [-0.1, -0.05) is 37.5 Å². The first-order valence-corrected chi connectivity index (χ1v) is 11.3. The van der Waals surface area contributed by atoms with E-state index in [4.69, 9.17) is 9.47 Å². The summed E-state index contributed by atoms with van der Waals surface area (Å²) < 4.78 is 10.6. The standard InChI is InChI=1S/C24H35NO6/c1-24(2)18-31-20(26)15-10-8-6-4-3-5-7-9-13-17-30-23(29)19-14-11-12-16-25(19)22(28)21(24)27/h6,8,10,15,19H,3-5,7,9,11-14,16-18H2,1-2H3/b8-6-,15-10+. The van der Waals surface area contributed by atoms with Crippen LogP contribution in [-0.2, 0) is 28.7 Å². The van der Waals surface area contributed by atoms with E-state index in [2.05, 4.69) is 0 Å². The maximum absolute atomic E-state index is 12.9. The molecule has 2 rings (SSSR count). The molecule has 7 nitrogen and oxygen atoms in total. The summed E-state index contributed by atoms with van der Waals surface area (Å²) in [5.41, 5.74) is -1.19. The molecule has 31 heavy (non-hydrogen) atoms. The van der Waals surface area contributed by atoms with Crippen LogP contribution in [0.15, 0.2) is 24.3 Å². The molecule has 2 aliphatic rings. The zero-order valence-electron chi connectivity index (χ0n) is 18.8. The lowest BCUT2D eigenvalue weighted by molar-refractivity contribution is -0.162. The summed E-state index contributed by atoms with van der Waals surface area (Å²) in [6, 6.07) is -0.730. The van der Waals surface area contributed by atoms with Crippen LogP contribution in [0.4, 0.5) is 0 Å². The Bertz CT molecular complexity index is 709. The van der Waals surface area contributed by atoms with Gasteiger partial charge in [-0.2, -0.15) is 0 Å². The summed E-state index contributed by atoms with van der Waals surface area (Å²) in [5, 5.41) is 0. The first kappa shape index (κ1) is 24.8. The molecule has 1 unspecified atom stereocenters. The highest BCUT2D eigenvalue weighted by molar-refractivity contribution is 6.38. The van der Waals surface area contributed by atoms with Crippen molar-refractivity contribution in [1.29, 1.82) is 0 Å². The van der Waals surface area contributed by atoms with E-state index in [0.29, 0.717) is 19.6 Å². The average Bonchev–Trinajstić information content (AvgIpc) is 2.76. The van der Waals surface area contributed by atoms with Crippen molar-refractivity contribution in [2.45, 2.75) is 77.7 Å². The van der Waals surface area contributed by atoms with Crippen LogP contribution in [0.1, 0.15) is 71.6 Å². The van der Waals surface area contributed by atoms with Crippen LogP contribution in [0.5, 0.6) is 0 Å². The van der Waals surface area contributed by atoms with Gasteiger partial charge < -0.3 is 14.4 Å². The normalized spacial score (nSPS) is 27.3. The molecule has 2 heterocycles. The van der Waals surface area contributed by atoms with Crippen LogP contribution in [-0.4, -0.2) is 54.3 Å². The highest BCUT2D eigenvalue weighted by atomic mass is 16.5. The van der Waals surface area contributed by atoms with Gasteiger partial charge in [-0.15, -0.1) is 0 Å². The van der Waals surface area contributed by atoms with Gasteiger partial charge in [-0.3, -0.25) is 9.59 Å². The van der Waals surface area contributed by atoms with Gasteiger partial charge in [0, 0.05) is 12.6 Å². The van der Waals surface area contributed by atoms with Crippen LogP contribution in [0.25, 0.3) is 0 Å². The fraction of sp³-hybridized carbons (Fsp3) is 0.667. The maximum Gasteiger partial charge on any atom is 0.330 e. The Balaban J connectivity index is 2.11. The number of ketones is 1. The minimum absolute atomic E-state index is 0.215. The maximum atomic E-state index is 12.9. The Morgan fingerprint density at radius 1 is 0.903 bits per heavy atom. The number of carbonyl (C=O) groups is 4. The third-order valence-electron chi connectivity index (χ3n) is 5.66. The van der Waals surface area contributed by atoms with E-state index in [1.165, 1.54) is 11.0 Å². The van der Waals surface area contributed by atoms with Crippen LogP contribution in [0, 0.1) is 5.41 Å². The van der Waals surface area contributed by atoms with E-state index in [0.717, 1.165) is 51.4 Å². The van der Waals surface area contributed by atoms with Crippen LogP contribution in [0.2, 0.25) is 0 Å². The predicted octanol–water partition coefficient (Wildman–Crippen LogP) is 3.52. The molecule has 1 fully saturated rings. The molecule has 0 bridgehead atoms. The number of nitrogens with zero attached hydrogens (tertiary/aromatic N) is 1. The topological polar surface area (TPSA) is 90.0 Å². The summed E-state index contributed by atoms with van der Waals surface area (Å²) >= 11 is 0. The third-order valence-corrected chi connectivity index (χ3v) is 5.66. The van der Waals surface area contributed by atoms with E-state index in [1.54, 1.807) is 26.0 Å². The summed E-state index contributed by atoms with van der Waals surface area (Å²) in [5.74, 6) is -2.39. The van der Waals surface area contributed by atoms with Crippen LogP contribution in [0.3, 0.4) is 0 Å². The van der Waals surface area contributed by atoms with Gasteiger partial charge in [0.2, 0.25) is 5.78 Å². The number of carbonyl (C=O) groups excluding carboxylic acids is 4. The van der Waals surface area contributed by atoms with Crippen molar-refractivity contribution in [3.05, 3.63) is 24.3 Å². The molecular weight excluding hydrogens is 398 g/mol. The zero-order valence-corrected chi connectivity index (χ0v) is 18.8. The van der Waals surface area contributed by atoms with Gasteiger partial charge in [0.05, 0.1) is 12.0 Å². The number of hydrogen-bond donors (Lipinski definition) is 0.